The van der Waals surface area contributed by atoms with Gasteiger partial charge in [-0.1, -0.05) is 26.0 Å². The quantitative estimate of drug-likeness (QED) is 0.839. The van der Waals surface area contributed by atoms with Gasteiger partial charge in [0.1, 0.15) is 5.75 Å². The third-order valence-corrected chi connectivity index (χ3v) is 2.94. The molecular formula is C13H18ClNO2. The van der Waals surface area contributed by atoms with E-state index >= 15 is 0 Å². The van der Waals surface area contributed by atoms with Gasteiger partial charge in [0.25, 0.3) is 0 Å². The lowest BCUT2D eigenvalue weighted by Gasteiger charge is -2.14. The van der Waals surface area contributed by atoms with Crippen molar-refractivity contribution in [3.63, 3.8) is 0 Å². The molecule has 1 unspecified atom stereocenters. The summed E-state index contributed by atoms with van der Waals surface area (Å²) < 4.78 is 5.68. The van der Waals surface area contributed by atoms with Crippen molar-refractivity contribution >= 4 is 18.2 Å². The Balaban J connectivity index is 0.00000144. The second kappa shape index (κ2) is 5.52. The highest BCUT2D eigenvalue weighted by Crippen LogP contribution is 2.32. The number of nitrogens with two attached hydrogens (primary N) is 1. The average Bonchev–Trinajstić information content (AvgIpc) is 2.40. The Morgan fingerprint density at radius 2 is 2.12 bits per heavy atom. The molecule has 0 radical (unpaired) electrons. The van der Waals surface area contributed by atoms with E-state index in [-0.39, 0.29) is 18.2 Å². The highest BCUT2D eigenvalue weighted by atomic mass is 35.5. The van der Waals surface area contributed by atoms with Crippen LogP contribution in [-0.2, 0) is 0 Å². The fourth-order valence-corrected chi connectivity index (χ4v) is 1.98. The van der Waals surface area contributed by atoms with Gasteiger partial charge in [-0.05, 0) is 17.5 Å². The zero-order valence-corrected chi connectivity index (χ0v) is 10.9. The second-order valence-electron chi connectivity index (χ2n) is 4.49. The minimum absolute atomic E-state index is 0. The molecule has 1 heterocycles. The summed E-state index contributed by atoms with van der Waals surface area (Å²) in [6.45, 7) is 4.70. The number of ketones is 1. The molecule has 2 rings (SSSR count). The van der Waals surface area contributed by atoms with E-state index in [2.05, 4.69) is 13.8 Å². The highest BCUT2D eigenvalue weighted by molar-refractivity contribution is 6.03. The van der Waals surface area contributed by atoms with Crippen LogP contribution in [0.4, 0.5) is 0 Å². The molecule has 17 heavy (non-hydrogen) atoms. The molecule has 0 saturated heterocycles. The molecule has 1 aliphatic heterocycles. The van der Waals surface area contributed by atoms with Crippen molar-refractivity contribution in [2.45, 2.75) is 32.2 Å². The molecule has 94 valence electrons. The van der Waals surface area contributed by atoms with E-state index in [1.807, 2.05) is 12.1 Å². The third kappa shape index (κ3) is 2.61. The molecule has 0 aliphatic carbocycles. The summed E-state index contributed by atoms with van der Waals surface area (Å²) >= 11 is 0. The van der Waals surface area contributed by atoms with Crippen molar-refractivity contribution in [1.82, 2.24) is 0 Å². The fraction of sp³-hybridized carbons (Fsp3) is 0.462. The third-order valence-electron chi connectivity index (χ3n) is 2.94. The van der Waals surface area contributed by atoms with Crippen LogP contribution in [0.5, 0.6) is 5.75 Å². The van der Waals surface area contributed by atoms with E-state index in [4.69, 9.17) is 10.5 Å². The first-order chi connectivity index (χ1) is 7.61. The van der Waals surface area contributed by atoms with E-state index in [0.717, 1.165) is 11.3 Å². The lowest BCUT2D eigenvalue weighted by Crippen LogP contribution is -2.30. The maximum Gasteiger partial charge on any atom is 0.183 e. The highest BCUT2D eigenvalue weighted by Gasteiger charge is 2.25. The van der Waals surface area contributed by atoms with Crippen LogP contribution < -0.4 is 10.5 Å². The van der Waals surface area contributed by atoms with Gasteiger partial charge in [-0.15, -0.1) is 12.4 Å². The number of Topliss-reactive ketones (excluding diaryl/α,β-unsaturated/α-hetero) is 1. The van der Waals surface area contributed by atoms with Gasteiger partial charge in [0, 0.05) is 6.42 Å². The molecule has 1 aromatic carbocycles. The first kappa shape index (κ1) is 14.0. The van der Waals surface area contributed by atoms with Crippen LogP contribution in [0.15, 0.2) is 18.2 Å². The van der Waals surface area contributed by atoms with E-state index in [1.54, 1.807) is 6.07 Å². The largest absolute Gasteiger partial charge is 0.492 e. The topological polar surface area (TPSA) is 52.3 Å². The Kier molecular flexibility index (Phi) is 4.54. The van der Waals surface area contributed by atoms with Gasteiger partial charge in [-0.2, -0.15) is 0 Å². The van der Waals surface area contributed by atoms with Crippen molar-refractivity contribution < 1.29 is 9.53 Å². The normalized spacial score (nSPS) is 19.1. The second-order valence-corrected chi connectivity index (χ2v) is 4.49. The van der Waals surface area contributed by atoms with Crippen molar-refractivity contribution in [2.24, 2.45) is 5.73 Å². The van der Waals surface area contributed by atoms with Crippen LogP contribution >= 0.6 is 12.4 Å². The first-order valence-electron chi connectivity index (χ1n) is 5.66. The van der Waals surface area contributed by atoms with E-state index in [9.17, 15) is 4.79 Å². The van der Waals surface area contributed by atoms with Gasteiger partial charge in [0.15, 0.2) is 5.78 Å². The molecule has 1 aromatic rings. The maximum absolute atomic E-state index is 12.0. The molecule has 0 aromatic heterocycles. The Hall–Kier alpha value is -1.06. The standard InChI is InChI=1S/C13H17NO2.ClH/c1-8(2)9-4-3-5-10-12(15)11(14)6-7-16-13(9)10;/h3-5,8,11H,6-7,14H2,1-2H3;1H. The molecule has 0 amide bonds. The number of rotatable bonds is 1. The Labute approximate surface area is 108 Å². The van der Waals surface area contributed by atoms with Gasteiger partial charge in [-0.3, -0.25) is 4.79 Å². The van der Waals surface area contributed by atoms with Gasteiger partial charge in [0.2, 0.25) is 0 Å². The maximum atomic E-state index is 12.0. The number of ether oxygens (including phenoxy) is 1. The lowest BCUT2D eigenvalue weighted by molar-refractivity contribution is 0.0960. The molecule has 1 aliphatic rings. The van der Waals surface area contributed by atoms with Crippen LogP contribution in [0, 0.1) is 0 Å². The van der Waals surface area contributed by atoms with Gasteiger partial charge in [0.05, 0.1) is 18.2 Å². The van der Waals surface area contributed by atoms with E-state index in [0.29, 0.717) is 24.5 Å². The number of hydrogen-bond acceptors (Lipinski definition) is 3. The molecule has 0 spiro atoms. The average molecular weight is 256 g/mol. The van der Waals surface area contributed by atoms with Crippen molar-refractivity contribution in [1.29, 1.82) is 0 Å². The first-order valence-corrected chi connectivity index (χ1v) is 5.66. The molecular weight excluding hydrogens is 238 g/mol. The monoisotopic (exact) mass is 255 g/mol. The molecule has 3 nitrogen and oxygen atoms in total. The van der Waals surface area contributed by atoms with Gasteiger partial charge in [-0.25, -0.2) is 0 Å². The smallest absolute Gasteiger partial charge is 0.183 e. The number of para-hydroxylation sites is 1. The number of benzene rings is 1. The zero-order valence-electron chi connectivity index (χ0n) is 10.1. The number of carbonyl (C=O) groups is 1. The van der Waals surface area contributed by atoms with Crippen molar-refractivity contribution in [3.05, 3.63) is 29.3 Å². The van der Waals surface area contributed by atoms with Crippen LogP contribution in [-0.4, -0.2) is 18.4 Å². The van der Waals surface area contributed by atoms with Gasteiger partial charge < -0.3 is 10.5 Å². The summed E-state index contributed by atoms with van der Waals surface area (Å²) in [6, 6.07) is 5.28. The Bertz CT molecular complexity index is 418. The zero-order chi connectivity index (χ0) is 11.7. The number of hydrogen-bond donors (Lipinski definition) is 1. The summed E-state index contributed by atoms with van der Waals surface area (Å²) in [5, 5.41) is 0. The number of fused-ring (bicyclic) bond motifs is 1. The molecule has 2 N–H and O–H groups in total. The van der Waals surface area contributed by atoms with Crippen LogP contribution in [0.2, 0.25) is 0 Å². The summed E-state index contributed by atoms with van der Waals surface area (Å²) in [5.74, 6) is 1.07. The molecule has 0 bridgehead atoms. The molecule has 1 atom stereocenters. The molecule has 0 saturated carbocycles. The Morgan fingerprint density at radius 1 is 1.41 bits per heavy atom. The van der Waals surface area contributed by atoms with Crippen LogP contribution in [0.25, 0.3) is 0 Å². The summed E-state index contributed by atoms with van der Waals surface area (Å²) in [7, 11) is 0. The number of halogens is 1. The summed E-state index contributed by atoms with van der Waals surface area (Å²) in [6.07, 6.45) is 0.588. The van der Waals surface area contributed by atoms with Crippen LogP contribution in [0.3, 0.4) is 0 Å². The summed E-state index contributed by atoms with van der Waals surface area (Å²) in [5.41, 5.74) is 7.51. The van der Waals surface area contributed by atoms with Gasteiger partial charge >= 0.3 is 0 Å². The predicted molar refractivity (Wildman–Crippen MR) is 70.2 cm³/mol. The van der Waals surface area contributed by atoms with Crippen LogP contribution in [0.1, 0.15) is 42.1 Å². The van der Waals surface area contributed by atoms with Crippen molar-refractivity contribution in [3.8, 4) is 5.75 Å². The van der Waals surface area contributed by atoms with Crippen molar-refractivity contribution in [2.75, 3.05) is 6.61 Å². The number of carbonyl (C=O) groups excluding carboxylic acids is 1. The lowest BCUT2D eigenvalue weighted by atomic mass is 9.95. The summed E-state index contributed by atoms with van der Waals surface area (Å²) in [4.78, 5) is 12.0. The fourth-order valence-electron chi connectivity index (χ4n) is 1.98. The Morgan fingerprint density at radius 3 is 2.76 bits per heavy atom. The minimum Gasteiger partial charge on any atom is -0.492 e. The predicted octanol–water partition coefficient (Wildman–Crippen LogP) is 2.52. The molecule has 4 heteroatoms. The molecule has 0 fully saturated rings. The van der Waals surface area contributed by atoms with E-state index < -0.39 is 6.04 Å². The minimum atomic E-state index is -0.427. The SMILES string of the molecule is CC(C)c1cccc2c1OCCC(N)C2=O.Cl. The van der Waals surface area contributed by atoms with E-state index in [1.165, 1.54) is 0 Å².